The molecule has 14 heteroatoms. The Balaban J connectivity index is 1.97. The molecule has 0 saturated heterocycles. The van der Waals surface area contributed by atoms with Crippen LogP contribution in [0.5, 0.6) is 0 Å². The highest BCUT2D eigenvalue weighted by molar-refractivity contribution is 5.82. The first kappa shape index (κ1) is 21.6. The maximum Gasteiger partial charge on any atom is 0.418 e. The van der Waals surface area contributed by atoms with Crippen molar-refractivity contribution in [2.45, 2.75) is 19.1 Å². The predicted octanol–water partition coefficient (Wildman–Crippen LogP) is 2.13. The first-order chi connectivity index (χ1) is 15.6. The molecule has 4 rings (SSSR count). The predicted molar refractivity (Wildman–Crippen MR) is 112 cm³/mol. The van der Waals surface area contributed by atoms with Crippen molar-refractivity contribution >= 4 is 28.5 Å². The van der Waals surface area contributed by atoms with Gasteiger partial charge in [-0.25, -0.2) is 9.55 Å². The number of para-hydroxylation sites is 1. The SMILES string of the molecule is CC(Nc1nc(N)nc(N)c1C#N)c1nc2c(C(F)(F)F)cccc2c(=O)n1-c1ccn[nH]1. The van der Waals surface area contributed by atoms with Crippen molar-refractivity contribution in [2.75, 3.05) is 16.8 Å². The summed E-state index contributed by atoms with van der Waals surface area (Å²) in [5.41, 5.74) is 8.88. The highest BCUT2D eigenvalue weighted by Crippen LogP contribution is 2.34. The molecule has 3 heterocycles. The topological polar surface area (TPSA) is 177 Å². The van der Waals surface area contributed by atoms with Crippen molar-refractivity contribution in [1.82, 2.24) is 29.7 Å². The molecular weight excluding hydrogens is 441 g/mol. The number of hydrogen-bond donors (Lipinski definition) is 4. The molecule has 11 nitrogen and oxygen atoms in total. The average molecular weight is 456 g/mol. The van der Waals surface area contributed by atoms with Crippen LogP contribution in [0.4, 0.5) is 30.8 Å². The van der Waals surface area contributed by atoms with Crippen LogP contribution in [-0.2, 0) is 6.18 Å². The number of hydrogen-bond acceptors (Lipinski definition) is 9. The molecule has 0 fully saturated rings. The maximum absolute atomic E-state index is 13.6. The summed E-state index contributed by atoms with van der Waals surface area (Å²) in [7, 11) is 0. The number of anilines is 3. The number of nitrogens with two attached hydrogens (primary N) is 2. The van der Waals surface area contributed by atoms with Gasteiger partial charge < -0.3 is 16.8 Å². The van der Waals surface area contributed by atoms with Crippen LogP contribution in [0.2, 0.25) is 0 Å². The van der Waals surface area contributed by atoms with Gasteiger partial charge in [0.05, 0.1) is 28.7 Å². The van der Waals surface area contributed by atoms with E-state index < -0.39 is 28.9 Å². The Labute approximate surface area is 182 Å². The molecule has 0 amide bonds. The van der Waals surface area contributed by atoms with Crippen LogP contribution in [0.15, 0.2) is 35.3 Å². The van der Waals surface area contributed by atoms with E-state index in [1.165, 1.54) is 25.3 Å². The van der Waals surface area contributed by atoms with E-state index in [9.17, 15) is 23.2 Å². The zero-order valence-corrected chi connectivity index (χ0v) is 16.8. The average Bonchev–Trinajstić information content (AvgIpc) is 3.26. The van der Waals surface area contributed by atoms with Gasteiger partial charge >= 0.3 is 6.18 Å². The minimum Gasteiger partial charge on any atom is -0.382 e. The lowest BCUT2D eigenvalue weighted by Gasteiger charge is -2.20. The fraction of sp³-hybridized carbons (Fsp3) is 0.158. The van der Waals surface area contributed by atoms with Gasteiger partial charge in [-0.05, 0) is 19.1 Å². The molecule has 0 aliphatic heterocycles. The molecule has 0 radical (unpaired) electrons. The molecule has 0 aliphatic rings. The number of halogens is 3. The highest BCUT2D eigenvalue weighted by atomic mass is 19.4. The van der Waals surface area contributed by atoms with E-state index in [1.807, 2.05) is 6.07 Å². The minimum atomic E-state index is -4.74. The molecule has 168 valence electrons. The summed E-state index contributed by atoms with van der Waals surface area (Å²) in [6.45, 7) is 1.52. The van der Waals surface area contributed by atoms with E-state index in [-0.39, 0.29) is 40.2 Å². The summed E-state index contributed by atoms with van der Waals surface area (Å²) in [4.78, 5) is 25.1. The summed E-state index contributed by atoms with van der Waals surface area (Å²) in [5.74, 6) is -0.398. The summed E-state index contributed by atoms with van der Waals surface area (Å²) in [6.07, 6.45) is -3.36. The Morgan fingerprint density at radius 1 is 1.21 bits per heavy atom. The van der Waals surface area contributed by atoms with E-state index in [4.69, 9.17) is 11.5 Å². The smallest absolute Gasteiger partial charge is 0.382 e. The fourth-order valence-electron chi connectivity index (χ4n) is 3.33. The van der Waals surface area contributed by atoms with Crippen LogP contribution in [-0.4, -0.2) is 29.7 Å². The molecule has 1 atom stereocenters. The number of rotatable bonds is 4. The number of aromatic nitrogens is 6. The molecule has 0 spiro atoms. The van der Waals surface area contributed by atoms with Crippen LogP contribution < -0.4 is 22.3 Å². The van der Waals surface area contributed by atoms with Crippen LogP contribution in [0, 0.1) is 11.3 Å². The third kappa shape index (κ3) is 3.76. The van der Waals surface area contributed by atoms with Crippen LogP contribution >= 0.6 is 0 Å². The molecule has 0 saturated carbocycles. The highest BCUT2D eigenvalue weighted by Gasteiger charge is 2.34. The van der Waals surface area contributed by atoms with E-state index in [0.717, 1.165) is 16.7 Å². The normalized spacial score (nSPS) is 12.5. The molecule has 4 aromatic rings. The number of benzene rings is 1. The number of fused-ring (bicyclic) bond motifs is 1. The molecule has 33 heavy (non-hydrogen) atoms. The maximum atomic E-state index is 13.6. The zero-order chi connectivity index (χ0) is 23.9. The van der Waals surface area contributed by atoms with Gasteiger partial charge in [0.2, 0.25) is 5.95 Å². The van der Waals surface area contributed by atoms with Crippen LogP contribution in [0.1, 0.15) is 29.9 Å². The summed E-state index contributed by atoms with van der Waals surface area (Å²) < 4.78 is 42.0. The molecular formula is C19H15F3N10O. The first-order valence-corrected chi connectivity index (χ1v) is 9.34. The second kappa shape index (κ2) is 7.79. The standard InChI is InChI=1S/C19H15F3N10O/c1-8(27-15-10(7-23)14(24)29-18(25)30-15)16-28-13-9(3-2-4-11(13)19(20,21)22)17(33)32(16)12-5-6-26-31-12/h2-6,8H,1H3,(H,26,31)(H5,24,25,27,29,30). The van der Waals surface area contributed by atoms with E-state index >= 15 is 0 Å². The fourth-order valence-corrected chi connectivity index (χ4v) is 3.33. The van der Waals surface area contributed by atoms with Gasteiger partial charge in [0, 0.05) is 6.07 Å². The third-order valence-electron chi connectivity index (χ3n) is 4.76. The molecule has 0 bridgehead atoms. The van der Waals surface area contributed by atoms with E-state index in [0.29, 0.717) is 0 Å². The Morgan fingerprint density at radius 2 is 1.97 bits per heavy atom. The largest absolute Gasteiger partial charge is 0.418 e. The van der Waals surface area contributed by atoms with Gasteiger partial charge in [0.25, 0.3) is 5.56 Å². The van der Waals surface area contributed by atoms with Crippen molar-refractivity contribution in [1.29, 1.82) is 5.26 Å². The van der Waals surface area contributed by atoms with Crippen LogP contribution in [0.25, 0.3) is 16.7 Å². The molecule has 1 aromatic carbocycles. The van der Waals surface area contributed by atoms with Crippen LogP contribution in [0.3, 0.4) is 0 Å². The number of nitrogens with one attached hydrogen (secondary N) is 2. The van der Waals surface area contributed by atoms with Crippen molar-refractivity contribution in [3.8, 4) is 11.9 Å². The number of H-pyrrole nitrogens is 1. The lowest BCUT2D eigenvalue weighted by atomic mass is 10.1. The molecule has 6 N–H and O–H groups in total. The monoisotopic (exact) mass is 456 g/mol. The molecule has 3 aromatic heterocycles. The van der Waals surface area contributed by atoms with E-state index in [2.05, 4.69) is 30.5 Å². The van der Waals surface area contributed by atoms with Gasteiger partial charge in [-0.15, -0.1) is 0 Å². The lowest BCUT2D eigenvalue weighted by Crippen LogP contribution is -2.28. The zero-order valence-electron chi connectivity index (χ0n) is 16.8. The second-order valence-electron chi connectivity index (χ2n) is 6.92. The Hall–Kier alpha value is -4.67. The number of nitrogens with zero attached hydrogens (tertiary/aromatic N) is 6. The Bertz CT molecular complexity index is 1450. The minimum absolute atomic E-state index is 0.0652. The van der Waals surface area contributed by atoms with E-state index in [1.54, 1.807) is 0 Å². The third-order valence-corrected chi connectivity index (χ3v) is 4.76. The number of aromatic amines is 1. The van der Waals surface area contributed by atoms with Gasteiger partial charge in [-0.1, -0.05) is 6.07 Å². The van der Waals surface area contributed by atoms with Crippen molar-refractivity contribution in [3.63, 3.8) is 0 Å². The molecule has 1 unspecified atom stereocenters. The summed E-state index contributed by atoms with van der Waals surface area (Å²) in [6, 6.07) is 5.60. The molecule has 0 aliphatic carbocycles. The summed E-state index contributed by atoms with van der Waals surface area (Å²) in [5, 5.41) is 18.4. The quantitative estimate of drug-likeness (QED) is 0.358. The first-order valence-electron chi connectivity index (χ1n) is 9.34. The van der Waals surface area contributed by atoms with Gasteiger partial charge in [0.1, 0.15) is 29.1 Å². The Kier molecular flexibility index (Phi) is 5.09. The summed E-state index contributed by atoms with van der Waals surface area (Å²) >= 11 is 0. The van der Waals surface area contributed by atoms with Crippen molar-refractivity contribution in [3.05, 3.63) is 57.8 Å². The number of nitrogen functional groups attached to an aromatic ring is 2. The van der Waals surface area contributed by atoms with Gasteiger partial charge in [0.15, 0.2) is 5.82 Å². The van der Waals surface area contributed by atoms with Crippen molar-refractivity contribution < 1.29 is 13.2 Å². The number of alkyl halides is 3. The van der Waals surface area contributed by atoms with Crippen molar-refractivity contribution in [2.24, 2.45) is 0 Å². The second-order valence-corrected chi connectivity index (χ2v) is 6.92. The Morgan fingerprint density at radius 3 is 2.61 bits per heavy atom. The van der Waals surface area contributed by atoms with Gasteiger partial charge in [-0.3, -0.25) is 9.89 Å². The lowest BCUT2D eigenvalue weighted by molar-refractivity contribution is -0.136. The number of nitriles is 1. The van der Waals surface area contributed by atoms with Gasteiger partial charge in [-0.2, -0.15) is 33.5 Å².